The Hall–Kier alpha value is -0.570. The van der Waals surface area contributed by atoms with Crippen molar-refractivity contribution in [1.29, 1.82) is 0 Å². The molecule has 1 amide bonds. The summed E-state index contributed by atoms with van der Waals surface area (Å²) in [6.45, 7) is 7.26. The second-order valence-corrected chi connectivity index (χ2v) is 5.28. The fourth-order valence-corrected chi connectivity index (χ4v) is 2.93. The van der Waals surface area contributed by atoms with Gasteiger partial charge in [-0.25, -0.2) is 0 Å². The molecule has 2 rings (SSSR count). The van der Waals surface area contributed by atoms with Gasteiger partial charge in [-0.05, 0) is 38.0 Å². The van der Waals surface area contributed by atoms with E-state index in [0.717, 1.165) is 11.8 Å². The van der Waals surface area contributed by atoms with Crippen LogP contribution in [-0.2, 0) is 4.79 Å². The topological polar surface area (TPSA) is 32.3 Å². The van der Waals surface area contributed by atoms with Crippen LogP contribution in [0.25, 0.3) is 0 Å². The summed E-state index contributed by atoms with van der Waals surface area (Å²) >= 11 is 0. The highest BCUT2D eigenvalue weighted by molar-refractivity contribution is 5.80. The second-order valence-electron chi connectivity index (χ2n) is 5.28. The summed E-state index contributed by atoms with van der Waals surface area (Å²) in [5, 5.41) is 3.22. The van der Waals surface area contributed by atoms with Crippen LogP contribution in [0.1, 0.15) is 40.0 Å². The van der Waals surface area contributed by atoms with Crippen molar-refractivity contribution in [3.05, 3.63) is 0 Å². The highest BCUT2D eigenvalue weighted by Gasteiger charge is 2.36. The van der Waals surface area contributed by atoms with Crippen LogP contribution in [0.4, 0.5) is 0 Å². The van der Waals surface area contributed by atoms with Crippen molar-refractivity contribution >= 4 is 5.91 Å². The summed E-state index contributed by atoms with van der Waals surface area (Å²) in [6, 6.07) is 0.480. The smallest absolute Gasteiger partial charge is 0.238 e. The predicted molar refractivity (Wildman–Crippen MR) is 60.3 cm³/mol. The van der Waals surface area contributed by atoms with E-state index in [4.69, 9.17) is 0 Å². The van der Waals surface area contributed by atoms with Crippen molar-refractivity contribution in [1.82, 2.24) is 10.2 Å². The van der Waals surface area contributed by atoms with Crippen LogP contribution in [0, 0.1) is 11.8 Å². The molecule has 0 radical (unpaired) electrons. The van der Waals surface area contributed by atoms with E-state index in [1.54, 1.807) is 0 Å². The molecule has 4 unspecified atom stereocenters. The van der Waals surface area contributed by atoms with Gasteiger partial charge >= 0.3 is 0 Å². The summed E-state index contributed by atoms with van der Waals surface area (Å²) in [5.74, 6) is 1.86. The van der Waals surface area contributed by atoms with Crippen molar-refractivity contribution < 1.29 is 4.79 Å². The number of nitrogens with zero attached hydrogens (tertiary/aromatic N) is 1. The molecule has 1 heterocycles. The molecule has 1 aliphatic carbocycles. The molecule has 1 N–H and O–H groups in total. The predicted octanol–water partition coefficient (Wildman–Crippen LogP) is 1.59. The Kier molecular flexibility index (Phi) is 3.01. The lowest BCUT2D eigenvalue weighted by Crippen LogP contribution is -2.46. The van der Waals surface area contributed by atoms with Gasteiger partial charge in [0.25, 0.3) is 0 Å². The Labute approximate surface area is 92.2 Å². The number of rotatable bonds is 1. The third kappa shape index (κ3) is 2.03. The average Bonchev–Trinajstić information content (AvgIpc) is 2.52. The molecule has 1 aliphatic heterocycles. The highest BCUT2D eigenvalue weighted by atomic mass is 16.2. The molecule has 2 fully saturated rings. The van der Waals surface area contributed by atoms with Gasteiger partial charge in [-0.15, -0.1) is 0 Å². The van der Waals surface area contributed by atoms with E-state index in [-0.39, 0.29) is 12.1 Å². The summed E-state index contributed by atoms with van der Waals surface area (Å²) in [4.78, 5) is 13.8. The van der Waals surface area contributed by atoms with E-state index in [1.807, 2.05) is 0 Å². The third-order valence-electron chi connectivity index (χ3n) is 4.22. The monoisotopic (exact) mass is 210 g/mol. The first-order valence-corrected chi connectivity index (χ1v) is 6.14. The van der Waals surface area contributed by atoms with E-state index in [0.29, 0.717) is 12.6 Å². The van der Waals surface area contributed by atoms with Crippen molar-refractivity contribution in [2.45, 2.75) is 52.2 Å². The maximum Gasteiger partial charge on any atom is 0.238 e. The Bertz CT molecular complexity index is 254. The molecule has 0 spiro atoms. The lowest BCUT2D eigenvalue weighted by atomic mass is 9.78. The number of hydrogen-bond acceptors (Lipinski definition) is 2. The van der Waals surface area contributed by atoms with Crippen LogP contribution in [0.2, 0.25) is 0 Å². The molecule has 86 valence electrons. The molecule has 1 saturated heterocycles. The number of nitrogens with one attached hydrogen (secondary N) is 1. The fraction of sp³-hybridized carbons (Fsp3) is 0.917. The van der Waals surface area contributed by atoms with Gasteiger partial charge in [-0.2, -0.15) is 0 Å². The SMILES string of the molecule is CC1CCC(N2C(=O)CNC2C)CC1C. The number of hydrogen-bond donors (Lipinski definition) is 1. The molecule has 0 aromatic rings. The largest absolute Gasteiger partial charge is 0.323 e. The molecular formula is C12H22N2O. The van der Waals surface area contributed by atoms with Crippen molar-refractivity contribution in [3.8, 4) is 0 Å². The molecule has 2 aliphatic rings. The standard InChI is InChI=1S/C12H22N2O/c1-8-4-5-11(6-9(8)2)14-10(3)13-7-12(14)15/h8-11,13H,4-7H2,1-3H3. The van der Waals surface area contributed by atoms with E-state index in [9.17, 15) is 4.79 Å². The number of carbonyl (C=O) groups excluding carboxylic acids is 1. The van der Waals surface area contributed by atoms with Gasteiger partial charge < -0.3 is 4.90 Å². The Balaban J connectivity index is 2.02. The quantitative estimate of drug-likeness (QED) is 0.713. The summed E-state index contributed by atoms with van der Waals surface area (Å²) in [7, 11) is 0. The van der Waals surface area contributed by atoms with Crippen LogP contribution in [-0.4, -0.2) is 29.6 Å². The maximum atomic E-state index is 11.7. The first-order chi connectivity index (χ1) is 7.09. The normalized spacial score (nSPS) is 42.3. The minimum absolute atomic E-state index is 0.239. The maximum absolute atomic E-state index is 11.7. The van der Waals surface area contributed by atoms with Crippen molar-refractivity contribution in [2.75, 3.05) is 6.54 Å². The number of amides is 1. The second kappa shape index (κ2) is 4.12. The van der Waals surface area contributed by atoms with E-state index in [1.165, 1.54) is 19.3 Å². The van der Waals surface area contributed by atoms with E-state index >= 15 is 0 Å². The van der Waals surface area contributed by atoms with E-state index < -0.39 is 0 Å². The molecule has 3 heteroatoms. The van der Waals surface area contributed by atoms with E-state index in [2.05, 4.69) is 31.0 Å². The van der Waals surface area contributed by atoms with Crippen molar-refractivity contribution in [3.63, 3.8) is 0 Å². The Morgan fingerprint density at radius 3 is 2.47 bits per heavy atom. The van der Waals surface area contributed by atoms with Gasteiger partial charge in [0.2, 0.25) is 5.91 Å². The molecule has 3 nitrogen and oxygen atoms in total. The van der Waals surface area contributed by atoms with Gasteiger partial charge in [0.05, 0.1) is 12.7 Å². The van der Waals surface area contributed by atoms with Gasteiger partial charge in [-0.3, -0.25) is 10.1 Å². The minimum atomic E-state index is 0.239. The zero-order chi connectivity index (χ0) is 11.0. The van der Waals surface area contributed by atoms with Gasteiger partial charge in [0.1, 0.15) is 0 Å². The molecule has 15 heavy (non-hydrogen) atoms. The van der Waals surface area contributed by atoms with Gasteiger partial charge in [-0.1, -0.05) is 13.8 Å². The fourth-order valence-electron chi connectivity index (χ4n) is 2.93. The van der Waals surface area contributed by atoms with Crippen LogP contribution < -0.4 is 5.32 Å². The van der Waals surface area contributed by atoms with Crippen LogP contribution in [0.3, 0.4) is 0 Å². The summed E-state index contributed by atoms with van der Waals surface area (Å²) in [5.41, 5.74) is 0. The lowest BCUT2D eigenvalue weighted by molar-refractivity contribution is -0.131. The average molecular weight is 210 g/mol. The van der Waals surface area contributed by atoms with Gasteiger partial charge in [0.15, 0.2) is 0 Å². The molecule has 0 aromatic carbocycles. The van der Waals surface area contributed by atoms with Gasteiger partial charge in [0, 0.05) is 6.04 Å². The summed E-state index contributed by atoms with van der Waals surface area (Å²) < 4.78 is 0. The zero-order valence-electron chi connectivity index (χ0n) is 9.99. The first-order valence-electron chi connectivity index (χ1n) is 6.14. The molecule has 0 aromatic heterocycles. The van der Waals surface area contributed by atoms with Crippen LogP contribution in [0.15, 0.2) is 0 Å². The number of carbonyl (C=O) groups is 1. The van der Waals surface area contributed by atoms with Crippen molar-refractivity contribution in [2.24, 2.45) is 11.8 Å². The Morgan fingerprint density at radius 1 is 1.20 bits per heavy atom. The molecule has 4 atom stereocenters. The summed E-state index contributed by atoms with van der Waals surface area (Å²) in [6.07, 6.45) is 3.87. The minimum Gasteiger partial charge on any atom is -0.323 e. The molecular weight excluding hydrogens is 188 g/mol. The highest BCUT2D eigenvalue weighted by Crippen LogP contribution is 2.33. The van der Waals surface area contributed by atoms with Crippen LogP contribution >= 0.6 is 0 Å². The van der Waals surface area contributed by atoms with Crippen LogP contribution in [0.5, 0.6) is 0 Å². The zero-order valence-corrected chi connectivity index (χ0v) is 9.99. The third-order valence-corrected chi connectivity index (χ3v) is 4.22. The lowest BCUT2D eigenvalue weighted by Gasteiger charge is -2.39. The first kappa shape index (κ1) is 10.9. The molecule has 0 bridgehead atoms. The molecule has 1 saturated carbocycles. The Morgan fingerprint density at radius 2 is 1.93 bits per heavy atom.